The highest BCUT2D eigenvalue weighted by Gasteiger charge is 2.31. The van der Waals surface area contributed by atoms with Gasteiger partial charge in [-0.25, -0.2) is 0 Å². The topological polar surface area (TPSA) is 81.0 Å². The molecule has 7 heteroatoms. The number of nitrogens with one attached hydrogen (secondary N) is 1. The third-order valence-corrected chi connectivity index (χ3v) is 6.15. The van der Waals surface area contributed by atoms with Crippen molar-refractivity contribution in [3.8, 4) is 11.5 Å². The Bertz CT molecular complexity index is 1170. The molecule has 2 amide bonds. The number of aryl methyl sites for hydroxylation is 1. The third-order valence-electron chi connectivity index (χ3n) is 6.15. The summed E-state index contributed by atoms with van der Waals surface area (Å²) in [6.45, 7) is 3.84. The molecule has 1 N–H and O–H groups in total. The fourth-order valence-electron chi connectivity index (χ4n) is 4.39. The van der Waals surface area contributed by atoms with Gasteiger partial charge in [-0.05, 0) is 67.3 Å². The van der Waals surface area contributed by atoms with Gasteiger partial charge in [0.25, 0.3) is 11.8 Å². The molecule has 2 aromatic carbocycles. The van der Waals surface area contributed by atoms with Crippen LogP contribution in [0.2, 0.25) is 0 Å². The Morgan fingerprint density at radius 1 is 1.00 bits per heavy atom. The molecule has 33 heavy (non-hydrogen) atoms. The molecule has 1 fully saturated rings. The van der Waals surface area contributed by atoms with Crippen LogP contribution in [0.15, 0.2) is 59.2 Å². The van der Waals surface area contributed by atoms with Gasteiger partial charge in [0.1, 0.15) is 0 Å². The number of likely N-dealkylation sites (tertiary alicyclic amines) is 1. The van der Waals surface area contributed by atoms with E-state index in [-0.39, 0.29) is 23.6 Å². The first-order valence-electron chi connectivity index (χ1n) is 11.3. The maximum atomic E-state index is 13.5. The fourth-order valence-corrected chi connectivity index (χ4v) is 4.39. The molecule has 2 aliphatic heterocycles. The number of carbonyl (C=O) groups excluding carboxylic acids is 2. The van der Waals surface area contributed by atoms with Crippen molar-refractivity contribution < 1.29 is 23.5 Å². The van der Waals surface area contributed by atoms with E-state index in [4.69, 9.17) is 13.9 Å². The van der Waals surface area contributed by atoms with Crippen molar-refractivity contribution in [2.45, 2.75) is 32.2 Å². The molecule has 0 spiro atoms. The number of amides is 2. The van der Waals surface area contributed by atoms with Crippen molar-refractivity contribution in [3.63, 3.8) is 0 Å². The number of fused-ring (bicyclic) bond motifs is 1. The Kier molecular flexibility index (Phi) is 5.77. The summed E-state index contributed by atoms with van der Waals surface area (Å²) < 4.78 is 16.8. The molecular weight excluding hydrogens is 420 g/mol. The second-order valence-electron chi connectivity index (χ2n) is 8.37. The lowest BCUT2D eigenvalue weighted by Crippen LogP contribution is -2.30. The first kappa shape index (κ1) is 21.1. The van der Waals surface area contributed by atoms with Crippen molar-refractivity contribution in [2.24, 2.45) is 0 Å². The SMILES string of the molecule is Cc1ccc(C(=O)N2CCCC2c2ccc3c(c2)OCCCO3)cc1NC(=O)c1ccco1. The Labute approximate surface area is 192 Å². The smallest absolute Gasteiger partial charge is 0.291 e. The number of benzene rings is 2. The lowest BCUT2D eigenvalue weighted by molar-refractivity contribution is 0.0735. The summed E-state index contributed by atoms with van der Waals surface area (Å²) in [5.41, 5.74) is 3.04. The summed E-state index contributed by atoms with van der Waals surface area (Å²) in [5, 5.41) is 2.85. The van der Waals surface area contributed by atoms with Gasteiger partial charge in [-0.15, -0.1) is 0 Å². The highest BCUT2D eigenvalue weighted by atomic mass is 16.5. The number of hydrogen-bond acceptors (Lipinski definition) is 5. The van der Waals surface area contributed by atoms with Gasteiger partial charge in [0.15, 0.2) is 17.3 Å². The first-order valence-corrected chi connectivity index (χ1v) is 11.3. The second kappa shape index (κ2) is 9.02. The van der Waals surface area contributed by atoms with Gasteiger partial charge in [0.2, 0.25) is 0 Å². The summed E-state index contributed by atoms with van der Waals surface area (Å²) in [4.78, 5) is 27.8. The molecule has 0 saturated carbocycles. The molecule has 0 radical (unpaired) electrons. The molecule has 3 heterocycles. The molecule has 1 unspecified atom stereocenters. The average Bonchev–Trinajstić information content (AvgIpc) is 3.48. The Morgan fingerprint density at radius 2 is 1.85 bits per heavy atom. The van der Waals surface area contributed by atoms with Crippen molar-refractivity contribution in [1.82, 2.24) is 4.90 Å². The lowest BCUT2D eigenvalue weighted by atomic mass is 10.0. The Hall–Kier alpha value is -3.74. The highest BCUT2D eigenvalue weighted by molar-refractivity contribution is 6.04. The first-order chi connectivity index (χ1) is 16.1. The maximum absolute atomic E-state index is 13.5. The van der Waals surface area contributed by atoms with Crippen LogP contribution in [-0.4, -0.2) is 36.5 Å². The van der Waals surface area contributed by atoms with Crippen LogP contribution in [0, 0.1) is 6.92 Å². The van der Waals surface area contributed by atoms with Crippen molar-refractivity contribution >= 4 is 17.5 Å². The van der Waals surface area contributed by atoms with Crippen molar-refractivity contribution in [1.29, 1.82) is 0 Å². The van der Waals surface area contributed by atoms with E-state index in [2.05, 4.69) is 5.32 Å². The van der Waals surface area contributed by atoms with E-state index in [0.29, 0.717) is 31.0 Å². The molecule has 5 rings (SSSR count). The Morgan fingerprint density at radius 3 is 2.67 bits per heavy atom. The van der Waals surface area contributed by atoms with Gasteiger partial charge >= 0.3 is 0 Å². The predicted molar refractivity (Wildman–Crippen MR) is 123 cm³/mol. The van der Waals surface area contributed by atoms with Crippen LogP contribution in [0.3, 0.4) is 0 Å². The van der Waals surface area contributed by atoms with Gasteiger partial charge in [-0.1, -0.05) is 12.1 Å². The molecule has 3 aromatic rings. The minimum absolute atomic E-state index is 0.0304. The van der Waals surface area contributed by atoms with Crippen LogP contribution in [-0.2, 0) is 0 Å². The molecule has 1 aromatic heterocycles. The number of carbonyl (C=O) groups is 2. The van der Waals surface area contributed by atoms with Crippen LogP contribution in [0.1, 0.15) is 57.3 Å². The van der Waals surface area contributed by atoms with Crippen LogP contribution in [0.4, 0.5) is 5.69 Å². The van der Waals surface area contributed by atoms with Gasteiger partial charge in [-0.2, -0.15) is 0 Å². The number of furan rings is 1. The molecule has 1 atom stereocenters. The summed E-state index contributed by atoms with van der Waals surface area (Å²) in [6, 6.07) is 14.6. The van der Waals surface area contributed by atoms with Crippen molar-refractivity contribution in [3.05, 3.63) is 77.2 Å². The zero-order valence-corrected chi connectivity index (χ0v) is 18.5. The van der Waals surface area contributed by atoms with Crippen molar-refractivity contribution in [2.75, 3.05) is 25.1 Å². The van der Waals surface area contributed by atoms with Crippen LogP contribution < -0.4 is 14.8 Å². The minimum Gasteiger partial charge on any atom is -0.490 e. The van der Waals surface area contributed by atoms with Gasteiger partial charge in [0.05, 0.1) is 25.5 Å². The van der Waals surface area contributed by atoms with Crippen LogP contribution in [0.5, 0.6) is 11.5 Å². The Balaban J connectivity index is 1.37. The summed E-state index contributed by atoms with van der Waals surface area (Å²) in [6.07, 6.45) is 4.12. The molecular formula is C26H26N2O5. The lowest BCUT2D eigenvalue weighted by Gasteiger charge is -2.26. The maximum Gasteiger partial charge on any atom is 0.291 e. The van der Waals surface area contributed by atoms with Crippen LogP contribution >= 0.6 is 0 Å². The summed E-state index contributed by atoms with van der Waals surface area (Å²) in [5.74, 6) is 1.31. The van der Waals surface area contributed by atoms with Gasteiger partial charge in [0, 0.05) is 24.2 Å². The zero-order chi connectivity index (χ0) is 22.8. The van der Waals surface area contributed by atoms with E-state index < -0.39 is 0 Å². The largest absolute Gasteiger partial charge is 0.490 e. The fraction of sp³-hybridized carbons (Fsp3) is 0.308. The summed E-state index contributed by atoms with van der Waals surface area (Å²) >= 11 is 0. The quantitative estimate of drug-likeness (QED) is 0.611. The van der Waals surface area contributed by atoms with E-state index in [0.717, 1.165) is 41.9 Å². The molecule has 170 valence electrons. The average molecular weight is 447 g/mol. The van der Waals surface area contributed by atoms with E-state index in [9.17, 15) is 9.59 Å². The third kappa shape index (κ3) is 4.31. The van der Waals surface area contributed by atoms with E-state index in [1.807, 2.05) is 42.2 Å². The standard InChI is InChI=1S/C26H26N2O5/c1-17-7-8-19(15-20(17)27-25(29)23-6-3-12-32-23)26(30)28-11-2-5-21(28)18-9-10-22-24(16-18)33-14-4-13-31-22/h3,6-10,12,15-16,21H,2,4-5,11,13-14H2,1H3,(H,27,29). The molecule has 2 aliphatic rings. The summed E-state index contributed by atoms with van der Waals surface area (Å²) in [7, 11) is 0. The van der Waals surface area contributed by atoms with E-state index in [1.54, 1.807) is 18.2 Å². The monoisotopic (exact) mass is 446 g/mol. The van der Waals surface area contributed by atoms with E-state index in [1.165, 1.54) is 6.26 Å². The van der Waals surface area contributed by atoms with Gasteiger partial charge < -0.3 is 24.1 Å². The number of hydrogen-bond donors (Lipinski definition) is 1. The predicted octanol–water partition coefficient (Wildman–Crippen LogP) is 4.98. The highest BCUT2D eigenvalue weighted by Crippen LogP contribution is 2.38. The number of nitrogens with zero attached hydrogens (tertiary/aromatic N) is 1. The number of anilines is 1. The molecule has 7 nitrogen and oxygen atoms in total. The number of rotatable bonds is 4. The molecule has 1 saturated heterocycles. The second-order valence-corrected chi connectivity index (χ2v) is 8.37. The number of ether oxygens (including phenoxy) is 2. The molecule has 0 aliphatic carbocycles. The van der Waals surface area contributed by atoms with Crippen LogP contribution in [0.25, 0.3) is 0 Å². The normalized spacial score (nSPS) is 17.5. The molecule has 0 bridgehead atoms. The zero-order valence-electron chi connectivity index (χ0n) is 18.5. The van der Waals surface area contributed by atoms with E-state index >= 15 is 0 Å². The minimum atomic E-state index is -0.348. The van der Waals surface area contributed by atoms with Gasteiger partial charge in [-0.3, -0.25) is 9.59 Å².